The van der Waals surface area contributed by atoms with Crippen LogP contribution >= 0.6 is 0 Å². The van der Waals surface area contributed by atoms with Gasteiger partial charge in [-0.25, -0.2) is 22.7 Å². The van der Waals surface area contributed by atoms with E-state index in [4.69, 9.17) is 28.4 Å². The number of sulfonamides is 1. The molecule has 0 aliphatic carbocycles. The van der Waals surface area contributed by atoms with Gasteiger partial charge in [0, 0.05) is 47.3 Å². The number of hydrogen-bond donors (Lipinski definition) is 2. The average molecular weight is 944 g/mol. The number of rotatable bonds is 13. The van der Waals surface area contributed by atoms with Gasteiger partial charge in [-0.3, -0.25) is 9.59 Å². The van der Waals surface area contributed by atoms with Gasteiger partial charge in [-0.05, 0) is 108 Å². The molecule has 0 bridgehead atoms. The summed E-state index contributed by atoms with van der Waals surface area (Å²) >= 11 is 0. The van der Waals surface area contributed by atoms with Gasteiger partial charge in [-0.1, -0.05) is 50.2 Å². The molecule has 17 heteroatoms. The number of nitrogens with zero attached hydrogens (tertiary/aromatic N) is 2. The second kappa shape index (κ2) is 19.2. The van der Waals surface area contributed by atoms with Crippen molar-refractivity contribution in [2.75, 3.05) is 27.8 Å². The van der Waals surface area contributed by atoms with Crippen molar-refractivity contribution in [3.8, 4) is 23.0 Å². The van der Waals surface area contributed by atoms with E-state index in [2.05, 4.69) is 4.72 Å². The Kier molecular flexibility index (Phi) is 13.2. The highest BCUT2D eigenvalue weighted by atomic mass is 32.2. The Labute approximate surface area is 391 Å². The molecule has 0 spiro atoms. The fourth-order valence-corrected chi connectivity index (χ4v) is 9.50. The molecule has 7 aromatic rings. The van der Waals surface area contributed by atoms with Gasteiger partial charge in [0.15, 0.2) is 23.0 Å². The Hall–Kier alpha value is -7.79. The van der Waals surface area contributed by atoms with Crippen molar-refractivity contribution in [3.63, 3.8) is 0 Å². The molecule has 2 unspecified atom stereocenters. The minimum atomic E-state index is -4.17. The Balaban J connectivity index is 0.000000196. The number of aryl methyl sites for hydroxylation is 2. The van der Waals surface area contributed by atoms with Crippen LogP contribution in [0.15, 0.2) is 114 Å². The third-order valence-corrected chi connectivity index (χ3v) is 13.4. The number of carboxylic acid groups (broad SMARTS) is 1. The van der Waals surface area contributed by atoms with Crippen LogP contribution in [-0.4, -0.2) is 74.3 Å². The Morgan fingerprint density at radius 2 is 1.06 bits per heavy atom. The third kappa shape index (κ3) is 9.04. The van der Waals surface area contributed by atoms with Crippen LogP contribution in [0.3, 0.4) is 0 Å². The molecule has 68 heavy (non-hydrogen) atoms. The zero-order chi connectivity index (χ0) is 48.4. The predicted molar refractivity (Wildman–Crippen MR) is 250 cm³/mol. The van der Waals surface area contributed by atoms with E-state index in [0.29, 0.717) is 80.4 Å². The van der Waals surface area contributed by atoms with E-state index >= 15 is 0 Å². The standard InChI is InChI=1S/C30H30N2O7S.C21H19NO6/c1-5-32-16-24(23-12-8-21(14-25(23)32)30(34)37-4)28(20-9-13-26-27(15-20)39-17-38-26)29(33)31-40(35,36)22-10-6-19(7-11-22)18(2)3;1-3-22-10-15(14-6-4-13(8-16(14)22)21(25)26-2)19(20(23)24)12-5-7-17-18(9-12)28-11-27-17/h6-16,18,28H,5,17H2,1-4H3,(H,31,33);4-10,19H,3,11H2,1-2H3,(H,23,24). The summed E-state index contributed by atoms with van der Waals surface area (Å²) in [4.78, 5) is 50.2. The minimum Gasteiger partial charge on any atom is -0.481 e. The van der Waals surface area contributed by atoms with Crippen molar-refractivity contribution in [2.45, 2.75) is 63.4 Å². The number of aromatic nitrogens is 2. The van der Waals surface area contributed by atoms with Crippen molar-refractivity contribution >= 4 is 55.6 Å². The highest BCUT2D eigenvalue weighted by Crippen LogP contribution is 2.41. The van der Waals surface area contributed by atoms with Gasteiger partial charge < -0.3 is 42.7 Å². The number of aliphatic carboxylic acids is 1. The van der Waals surface area contributed by atoms with Crippen molar-refractivity contribution in [1.29, 1.82) is 0 Å². The molecule has 352 valence electrons. The lowest BCUT2D eigenvalue weighted by Gasteiger charge is -2.18. The van der Waals surface area contributed by atoms with Gasteiger partial charge in [0.05, 0.1) is 36.2 Å². The number of amides is 1. The fraction of sp³-hybridized carbons (Fsp3) is 0.255. The van der Waals surface area contributed by atoms with E-state index in [9.17, 15) is 32.7 Å². The van der Waals surface area contributed by atoms with Crippen LogP contribution in [0.4, 0.5) is 0 Å². The molecule has 2 aromatic heterocycles. The van der Waals surface area contributed by atoms with E-state index < -0.39 is 45.7 Å². The van der Waals surface area contributed by atoms with Gasteiger partial charge in [0.2, 0.25) is 19.5 Å². The summed E-state index contributed by atoms with van der Waals surface area (Å²) in [5.74, 6) is -2.11. The molecule has 0 saturated heterocycles. The molecule has 0 fully saturated rings. The number of hydrogen-bond acceptors (Lipinski definition) is 12. The highest BCUT2D eigenvalue weighted by Gasteiger charge is 2.33. The highest BCUT2D eigenvalue weighted by molar-refractivity contribution is 7.90. The van der Waals surface area contributed by atoms with E-state index in [1.165, 1.54) is 26.4 Å². The average Bonchev–Trinajstić information content (AvgIpc) is 4.16. The Morgan fingerprint density at radius 3 is 1.50 bits per heavy atom. The molecule has 4 heterocycles. The molecule has 1 amide bonds. The van der Waals surface area contributed by atoms with Crippen molar-refractivity contribution in [1.82, 2.24) is 13.9 Å². The molecule has 16 nitrogen and oxygen atoms in total. The summed E-state index contributed by atoms with van der Waals surface area (Å²) in [5.41, 5.74) is 5.63. The largest absolute Gasteiger partial charge is 0.481 e. The quantitative estimate of drug-likeness (QED) is 0.105. The number of nitrogens with one attached hydrogen (secondary N) is 1. The lowest BCUT2D eigenvalue weighted by Crippen LogP contribution is -2.35. The number of esters is 2. The molecule has 0 saturated carbocycles. The maximum atomic E-state index is 13.9. The van der Waals surface area contributed by atoms with E-state index in [0.717, 1.165) is 16.5 Å². The van der Waals surface area contributed by atoms with Crippen molar-refractivity contribution < 1.29 is 61.1 Å². The van der Waals surface area contributed by atoms with Gasteiger partial charge in [0.1, 0.15) is 5.92 Å². The van der Waals surface area contributed by atoms with E-state index in [1.807, 2.05) is 49.2 Å². The van der Waals surface area contributed by atoms with Crippen LogP contribution in [0.5, 0.6) is 23.0 Å². The van der Waals surface area contributed by atoms with E-state index in [1.54, 1.807) is 84.9 Å². The normalized spacial score (nSPS) is 13.5. The molecular weight excluding hydrogens is 895 g/mol. The maximum absolute atomic E-state index is 13.9. The molecule has 2 aliphatic rings. The monoisotopic (exact) mass is 943 g/mol. The summed E-state index contributed by atoms with van der Waals surface area (Å²) in [5, 5.41) is 11.5. The molecule has 2 N–H and O–H groups in total. The van der Waals surface area contributed by atoms with Gasteiger partial charge >= 0.3 is 17.9 Å². The lowest BCUT2D eigenvalue weighted by molar-refractivity contribution is -0.137. The van der Waals surface area contributed by atoms with Crippen molar-refractivity contribution in [3.05, 3.63) is 148 Å². The summed E-state index contributed by atoms with van der Waals surface area (Å²) in [6, 6.07) is 27.0. The predicted octanol–water partition coefficient (Wildman–Crippen LogP) is 8.33. The first-order chi connectivity index (χ1) is 32.7. The molecule has 9 rings (SSSR count). The van der Waals surface area contributed by atoms with Crippen LogP contribution in [0.2, 0.25) is 0 Å². The van der Waals surface area contributed by atoms with E-state index in [-0.39, 0.29) is 24.4 Å². The first-order valence-electron chi connectivity index (χ1n) is 21.8. The van der Waals surface area contributed by atoms with Gasteiger partial charge in [-0.15, -0.1) is 0 Å². The smallest absolute Gasteiger partial charge is 0.337 e. The summed E-state index contributed by atoms with van der Waals surface area (Å²) in [6.45, 7) is 9.30. The maximum Gasteiger partial charge on any atom is 0.337 e. The number of ether oxygens (including phenoxy) is 6. The van der Waals surface area contributed by atoms with Crippen molar-refractivity contribution in [2.24, 2.45) is 0 Å². The number of benzene rings is 5. The van der Waals surface area contributed by atoms with Crippen LogP contribution in [0.1, 0.15) is 94.0 Å². The summed E-state index contributed by atoms with van der Waals surface area (Å²) < 4.78 is 64.1. The van der Waals surface area contributed by atoms with Crippen LogP contribution in [0, 0.1) is 0 Å². The number of carbonyl (C=O) groups is 4. The zero-order valence-corrected chi connectivity index (χ0v) is 38.9. The second-order valence-electron chi connectivity index (χ2n) is 16.3. The first-order valence-corrected chi connectivity index (χ1v) is 23.2. The topological polar surface area (TPSA) is 200 Å². The molecule has 2 atom stereocenters. The fourth-order valence-electron chi connectivity index (χ4n) is 8.51. The number of fused-ring (bicyclic) bond motifs is 4. The lowest BCUT2D eigenvalue weighted by atomic mass is 9.90. The number of carbonyl (C=O) groups excluding carboxylic acids is 3. The SMILES string of the molecule is CCn1cc(C(C(=O)NS(=O)(=O)c2ccc(C(C)C)cc2)c2ccc3c(c2)OCO3)c2ccc(C(=O)OC)cc21.CCn1cc(C(C(=O)O)c2ccc3c(c2)OCO3)c2ccc(C(=O)OC)cc21. The number of carboxylic acids is 1. The number of methoxy groups -OCH3 is 2. The summed E-state index contributed by atoms with van der Waals surface area (Å²) in [7, 11) is -1.53. The molecule has 2 aliphatic heterocycles. The second-order valence-corrected chi connectivity index (χ2v) is 18.0. The van der Waals surface area contributed by atoms with Crippen LogP contribution in [0.25, 0.3) is 21.8 Å². The third-order valence-electron chi connectivity index (χ3n) is 12.0. The van der Waals surface area contributed by atoms with Crippen LogP contribution in [-0.2, 0) is 42.2 Å². The first kappa shape index (κ1) is 46.7. The Morgan fingerprint density at radius 1 is 0.618 bits per heavy atom. The minimum absolute atomic E-state index is 0.00612. The van der Waals surface area contributed by atoms with Gasteiger partial charge in [-0.2, -0.15) is 0 Å². The summed E-state index contributed by atoms with van der Waals surface area (Å²) in [6.07, 6.45) is 3.64. The molecule has 5 aromatic carbocycles. The van der Waals surface area contributed by atoms with Gasteiger partial charge in [0.25, 0.3) is 10.0 Å². The molecular formula is C51H49N3O13S. The molecule has 0 radical (unpaired) electrons. The Bertz CT molecular complexity index is 3210. The van der Waals surface area contributed by atoms with Crippen LogP contribution < -0.4 is 23.7 Å². The zero-order valence-electron chi connectivity index (χ0n) is 38.1.